The van der Waals surface area contributed by atoms with Crippen LogP contribution in [0.3, 0.4) is 0 Å². The van der Waals surface area contributed by atoms with Crippen molar-refractivity contribution < 1.29 is 8.60 Å². The number of hydrogen-bond acceptors (Lipinski definition) is 2. The highest BCUT2D eigenvalue weighted by Crippen LogP contribution is 2.51. The number of piperidine rings is 1. The summed E-state index contributed by atoms with van der Waals surface area (Å²) in [6, 6.07) is 5.97. The molecule has 3 nitrogen and oxygen atoms in total. The van der Waals surface area contributed by atoms with Crippen molar-refractivity contribution in [3.8, 4) is 0 Å². The van der Waals surface area contributed by atoms with Crippen LogP contribution in [0, 0.1) is 5.41 Å². The van der Waals surface area contributed by atoms with Gasteiger partial charge in [-0.25, -0.2) is 13.3 Å². The number of rotatable bonds is 3. The van der Waals surface area contributed by atoms with Gasteiger partial charge in [-0.15, -0.1) is 0 Å². The van der Waals surface area contributed by atoms with Crippen LogP contribution in [0.15, 0.2) is 18.2 Å². The molecule has 0 saturated carbocycles. The molecule has 1 aliphatic heterocycles. The molecule has 1 aliphatic carbocycles. The maximum atomic E-state index is 13.1. The Balaban J connectivity index is 1.98. The van der Waals surface area contributed by atoms with Crippen molar-refractivity contribution in [1.82, 2.24) is 10.0 Å². The van der Waals surface area contributed by atoms with E-state index in [0.717, 1.165) is 37.9 Å². The van der Waals surface area contributed by atoms with Crippen molar-refractivity contribution in [1.29, 1.82) is 0 Å². The summed E-state index contributed by atoms with van der Waals surface area (Å²) < 4.78 is 28.9. The van der Waals surface area contributed by atoms with Gasteiger partial charge >= 0.3 is 0 Å². The van der Waals surface area contributed by atoms with E-state index >= 15 is 0 Å². The molecule has 3 rings (SSSR count). The average molecular weight is 338 g/mol. The van der Waals surface area contributed by atoms with Crippen LogP contribution in [0.2, 0.25) is 0 Å². The number of nitrogens with one attached hydrogen (secondary N) is 2. The summed E-state index contributed by atoms with van der Waals surface area (Å²) in [6.45, 7) is 7.49. The zero-order valence-electron chi connectivity index (χ0n) is 14.2. The van der Waals surface area contributed by atoms with Crippen molar-refractivity contribution in [3.05, 3.63) is 34.9 Å². The molecule has 1 heterocycles. The molecule has 2 aliphatic rings. The maximum Gasteiger partial charge on any atom is 0.115 e. The minimum absolute atomic E-state index is 0.0474. The Kier molecular flexibility index (Phi) is 4.64. The van der Waals surface area contributed by atoms with Crippen molar-refractivity contribution in [2.24, 2.45) is 5.41 Å². The Morgan fingerprint density at radius 2 is 2.04 bits per heavy atom. The highest BCUT2D eigenvalue weighted by atomic mass is 32.2. The van der Waals surface area contributed by atoms with Gasteiger partial charge in [0.1, 0.15) is 6.67 Å². The third-order valence-electron chi connectivity index (χ3n) is 5.21. The molecule has 23 heavy (non-hydrogen) atoms. The Morgan fingerprint density at radius 1 is 1.35 bits per heavy atom. The first-order valence-electron chi connectivity index (χ1n) is 8.42. The average Bonchev–Trinajstić information content (AvgIpc) is 2.79. The van der Waals surface area contributed by atoms with E-state index in [1.807, 2.05) is 32.9 Å². The fourth-order valence-corrected chi connectivity index (χ4v) is 4.78. The molecule has 1 fully saturated rings. The zero-order valence-corrected chi connectivity index (χ0v) is 15.1. The molecule has 0 radical (unpaired) electrons. The maximum absolute atomic E-state index is 13.1. The molecule has 0 unspecified atom stereocenters. The van der Waals surface area contributed by atoms with Gasteiger partial charge in [0.15, 0.2) is 0 Å². The Bertz CT molecular complexity index is 606. The van der Waals surface area contributed by atoms with Crippen molar-refractivity contribution in [2.75, 3.05) is 13.1 Å². The predicted octanol–water partition coefficient (Wildman–Crippen LogP) is 3.17. The summed E-state index contributed by atoms with van der Waals surface area (Å²) >= 11 is 0. The fourth-order valence-electron chi connectivity index (χ4n) is 3.83. The van der Waals surface area contributed by atoms with Crippen LogP contribution in [0.4, 0.5) is 4.39 Å². The molecule has 1 spiro atoms. The van der Waals surface area contributed by atoms with E-state index < -0.39 is 17.7 Å². The first-order chi connectivity index (χ1) is 10.9. The normalized spacial score (nSPS) is 24.6. The van der Waals surface area contributed by atoms with Crippen LogP contribution in [0.5, 0.6) is 0 Å². The van der Waals surface area contributed by atoms with Crippen LogP contribution >= 0.6 is 0 Å². The first kappa shape index (κ1) is 17.1. The second-order valence-electron chi connectivity index (χ2n) is 7.89. The van der Waals surface area contributed by atoms with Crippen LogP contribution in [-0.2, 0) is 24.1 Å². The van der Waals surface area contributed by atoms with E-state index in [1.54, 1.807) is 0 Å². The third-order valence-corrected chi connectivity index (χ3v) is 6.77. The Morgan fingerprint density at radius 3 is 2.65 bits per heavy atom. The van der Waals surface area contributed by atoms with E-state index in [9.17, 15) is 8.60 Å². The monoisotopic (exact) mass is 338 g/mol. The SMILES string of the molecule is CC(C)(C)[S@@](=O)N[C@@H]1c2cc(CF)ccc2CC12CCNCC2. The number of benzene rings is 1. The lowest BCUT2D eigenvalue weighted by Crippen LogP contribution is -2.46. The van der Waals surface area contributed by atoms with Crippen molar-refractivity contribution in [3.63, 3.8) is 0 Å². The molecule has 0 amide bonds. The molecule has 1 aromatic carbocycles. The molecule has 2 N–H and O–H groups in total. The van der Waals surface area contributed by atoms with Gasteiger partial charge in [0.05, 0.1) is 21.8 Å². The molecule has 0 bridgehead atoms. The molecule has 1 saturated heterocycles. The van der Waals surface area contributed by atoms with Gasteiger partial charge in [0, 0.05) is 0 Å². The lowest BCUT2D eigenvalue weighted by Gasteiger charge is -2.40. The van der Waals surface area contributed by atoms with Crippen molar-refractivity contribution in [2.45, 2.75) is 57.5 Å². The second kappa shape index (κ2) is 6.26. The summed E-state index contributed by atoms with van der Waals surface area (Å²) in [7, 11) is -1.13. The van der Waals surface area contributed by atoms with Gasteiger partial charge in [0.2, 0.25) is 0 Å². The van der Waals surface area contributed by atoms with Gasteiger partial charge in [-0.2, -0.15) is 0 Å². The van der Waals surface area contributed by atoms with Gasteiger partial charge in [-0.05, 0) is 75.2 Å². The van der Waals surface area contributed by atoms with Crippen LogP contribution < -0.4 is 10.0 Å². The molecule has 0 aromatic heterocycles. The second-order valence-corrected chi connectivity index (χ2v) is 9.89. The van der Waals surface area contributed by atoms with E-state index in [1.165, 1.54) is 5.56 Å². The summed E-state index contributed by atoms with van der Waals surface area (Å²) in [5.74, 6) is 0. The number of alkyl halides is 1. The van der Waals surface area contributed by atoms with E-state index in [2.05, 4.69) is 16.1 Å². The minimum atomic E-state index is -1.13. The molecular weight excluding hydrogens is 311 g/mol. The smallest absolute Gasteiger partial charge is 0.115 e. The lowest BCUT2D eigenvalue weighted by molar-refractivity contribution is 0.164. The summed E-state index contributed by atoms with van der Waals surface area (Å²) in [5.41, 5.74) is 3.25. The van der Waals surface area contributed by atoms with Crippen LogP contribution in [-0.4, -0.2) is 22.0 Å². The van der Waals surface area contributed by atoms with Crippen LogP contribution in [0.1, 0.15) is 56.3 Å². The largest absolute Gasteiger partial charge is 0.317 e. The predicted molar refractivity (Wildman–Crippen MR) is 93.3 cm³/mol. The molecule has 2 atom stereocenters. The van der Waals surface area contributed by atoms with Crippen LogP contribution in [0.25, 0.3) is 0 Å². The molecular formula is C18H27FN2OS. The molecule has 128 valence electrons. The number of fused-ring (bicyclic) bond motifs is 1. The standard InChI is InChI=1S/C18H27FN2OS/c1-17(2,3)23(22)21-16-15-10-13(12-19)4-5-14(15)11-18(16)6-8-20-9-7-18/h4-5,10,16,20-21H,6-9,11-12H2,1-3H3/t16-,23-/m1/s1. The fraction of sp³-hybridized carbons (Fsp3) is 0.667. The van der Waals surface area contributed by atoms with E-state index in [0.29, 0.717) is 5.56 Å². The molecule has 1 aromatic rings. The topological polar surface area (TPSA) is 41.1 Å². The van der Waals surface area contributed by atoms with Gasteiger partial charge < -0.3 is 5.32 Å². The zero-order chi connectivity index (χ0) is 16.7. The quantitative estimate of drug-likeness (QED) is 0.889. The number of halogens is 1. The highest BCUT2D eigenvalue weighted by Gasteiger charge is 2.47. The highest BCUT2D eigenvalue weighted by molar-refractivity contribution is 7.84. The summed E-state index contributed by atoms with van der Waals surface area (Å²) in [6.07, 6.45) is 3.12. The van der Waals surface area contributed by atoms with Gasteiger partial charge in [-0.1, -0.05) is 18.2 Å². The lowest BCUT2D eigenvalue weighted by atomic mass is 9.73. The Labute approximate surface area is 141 Å². The Hall–Kier alpha value is -0.780. The summed E-state index contributed by atoms with van der Waals surface area (Å²) in [4.78, 5) is 0. The van der Waals surface area contributed by atoms with Gasteiger partial charge in [-0.3, -0.25) is 0 Å². The molecule has 5 heteroatoms. The van der Waals surface area contributed by atoms with Crippen molar-refractivity contribution >= 4 is 11.0 Å². The number of hydrogen-bond donors (Lipinski definition) is 2. The summed E-state index contributed by atoms with van der Waals surface area (Å²) in [5, 5.41) is 3.43. The minimum Gasteiger partial charge on any atom is -0.317 e. The van der Waals surface area contributed by atoms with E-state index in [-0.39, 0.29) is 16.2 Å². The van der Waals surface area contributed by atoms with Gasteiger partial charge in [0.25, 0.3) is 0 Å². The third kappa shape index (κ3) is 3.24. The first-order valence-corrected chi connectivity index (χ1v) is 9.57. The van der Waals surface area contributed by atoms with E-state index in [4.69, 9.17) is 0 Å².